The first-order valence-electron chi connectivity index (χ1n) is 8.27. The Kier molecular flexibility index (Phi) is 3.85. The Morgan fingerprint density at radius 2 is 2.14 bits per heavy atom. The van der Waals surface area contributed by atoms with E-state index in [1.54, 1.807) is 11.3 Å². The van der Waals surface area contributed by atoms with Crippen LogP contribution in [-0.2, 0) is 19.3 Å². The van der Waals surface area contributed by atoms with Gasteiger partial charge in [-0.25, -0.2) is 9.50 Å². The van der Waals surface area contributed by atoms with E-state index in [4.69, 9.17) is 10.1 Å². The van der Waals surface area contributed by atoms with Gasteiger partial charge in [0.25, 0.3) is 0 Å². The highest BCUT2D eigenvalue weighted by Gasteiger charge is 2.33. The van der Waals surface area contributed by atoms with E-state index in [0.717, 1.165) is 30.1 Å². The van der Waals surface area contributed by atoms with Gasteiger partial charge in [-0.05, 0) is 36.5 Å². The molecule has 0 N–H and O–H groups in total. The number of nitrogens with zero attached hydrogens (tertiary/aromatic N) is 3. The highest BCUT2D eigenvalue weighted by Crippen LogP contribution is 2.40. The zero-order chi connectivity index (χ0) is 15.2. The lowest BCUT2D eigenvalue weighted by Crippen LogP contribution is -2.29. The Hall–Kier alpha value is -0.900. The summed E-state index contributed by atoms with van der Waals surface area (Å²) in [7, 11) is 0. The van der Waals surface area contributed by atoms with E-state index in [9.17, 15) is 0 Å². The molecule has 0 aromatic carbocycles. The average Bonchev–Trinajstić information content (AvgIpc) is 2.94. The maximum absolute atomic E-state index is 4.84. The first-order chi connectivity index (χ1) is 9.90. The highest BCUT2D eigenvalue weighted by molar-refractivity contribution is 7.16. The van der Waals surface area contributed by atoms with Crippen molar-refractivity contribution in [3.05, 3.63) is 16.4 Å². The van der Waals surface area contributed by atoms with Gasteiger partial charge >= 0.3 is 0 Å². The van der Waals surface area contributed by atoms with Crippen molar-refractivity contribution in [3.63, 3.8) is 0 Å². The second kappa shape index (κ2) is 5.38. The molecule has 1 unspecified atom stereocenters. The lowest BCUT2D eigenvalue weighted by molar-refractivity contribution is 0.180. The fraction of sp³-hybridized carbons (Fsp3) is 0.765. The van der Waals surface area contributed by atoms with Crippen molar-refractivity contribution in [1.82, 2.24) is 14.6 Å². The van der Waals surface area contributed by atoms with E-state index in [-0.39, 0.29) is 0 Å². The number of aryl methyl sites for hydroxylation is 1. The quantitative estimate of drug-likeness (QED) is 0.830. The van der Waals surface area contributed by atoms with Crippen LogP contribution in [0.1, 0.15) is 63.9 Å². The van der Waals surface area contributed by atoms with Gasteiger partial charge < -0.3 is 0 Å². The second-order valence-corrected chi connectivity index (χ2v) is 8.62. The summed E-state index contributed by atoms with van der Waals surface area (Å²) in [6, 6.07) is 0. The molecule has 2 heterocycles. The van der Waals surface area contributed by atoms with Crippen molar-refractivity contribution in [2.24, 2.45) is 17.3 Å². The lowest BCUT2D eigenvalue weighted by atomic mass is 9.70. The minimum absolute atomic E-state index is 0.415. The number of rotatable bonds is 4. The summed E-state index contributed by atoms with van der Waals surface area (Å²) in [5, 5.41) is 6.07. The van der Waals surface area contributed by atoms with Crippen LogP contribution < -0.4 is 0 Å². The van der Waals surface area contributed by atoms with Crippen LogP contribution in [0.5, 0.6) is 0 Å². The van der Waals surface area contributed by atoms with E-state index in [2.05, 4.69) is 39.1 Å². The van der Waals surface area contributed by atoms with Crippen LogP contribution in [0.4, 0.5) is 0 Å². The molecule has 0 radical (unpaired) electrons. The lowest BCUT2D eigenvalue weighted by Gasteiger charge is -2.35. The Morgan fingerprint density at radius 1 is 1.38 bits per heavy atom. The molecule has 0 aliphatic heterocycles. The van der Waals surface area contributed by atoms with Crippen LogP contribution >= 0.6 is 11.3 Å². The summed E-state index contributed by atoms with van der Waals surface area (Å²) in [6.07, 6.45) is 5.84. The van der Waals surface area contributed by atoms with Crippen molar-refractivity contribution >= 4 is 16.3 Å². The van der Waals surface area contributed by atoms with Crippen molar-refractivity contribution in [3.8, 4) is 0 Å². The molecule has 4 heteroatoms. The van der Waals surface area contributed by atoms with Crippen LogP contribution in [0.3, 0.4) is 0 Å². The number of hydrogen-bond donors (Lipinski definition) is 0. The summed E-state index contributed by atoms with van der Waals surface area (Å²) in [4.78, 5) is 5.94. The van der Waals surface area contributed by atoms with Gasteiger partial charge in [-0.3, -0.25) is 0 Å². The van der Waals surface area contributed by atoms with Crippen LogP contribution in [-0.4, -0.2) is 14.6 Å². The highest BCUT2D eigenvalue weighted by atomic mass is 32.1. The third-order valence-corrected chi connectivity index (χ3v) is 6.12. The zero-order valence-corrected chi connectivity index (χ0v) is 14.8. The Morgan fingerprint density at radius 3 is 2.81 bits per heavy atom. The molecule has 0 saturated heterocycles. The molecular formula is C17H27N3S. The monoisotopic (exact) mass is 305 g/mol. The van der Waals surface area contributed by atoms with E-state index in [1.165, 1.54) is 29.2 Å². The summed E-state index contributed by atoms with van der Waals surface area (Å²) in [6.45, 7) is 11.6. The van der Waals surface area contributed by atoms with Crippen molar-refractivity contribution < 1.29 is 0 Å². The molecule has 3 rings (SSSR count). The van der Waals surface area contributed by atoms with E-state index in [0.29, 0.717) is 11.3 Å². The summed E-state index contributed by atoms with van der Waals surface area (Å²) < 4.78 is 2.15. The molecule has 0 spiro atoms. The molecule has 2 aromatic heterocycles. The van der Waals surface area contributed by atoms with Gasteiger partial charge in [-0.15, -0.1) is 0 Å². The predicted molar refractivity (Wildman–Crippen MR) is 89.0 cm³/mol. The third-order valence-electron chi connectivity index (χ3n) is 5.19. The number of imidazole rings is 1. The Bertz CT molecular complexity index is 636. The molecule has 1 aliphatic rings. The molecule has 1 aliphatic carbocycles. The molecule has 0 saturated carbocycles. The topological polar surface area (TPSA) is 30.2 Å². The van der Waals surface area contributed by atoms with Crippen molar-refractivity contribution in [1.29, 1.82) is 0 Å². The third kappa shape index (κ3) is 2.75. The van der Waals surface area contributed by atoms with Crippen LogP contribution in [0, 0.1) is 17.3 Å². The second-order valence-electron chi connectivity index (χ2n) is 7.58. The van der Waals surface area contributed by atoms with Gasteiger partial charge in [0.15, 0.2) is 0 Å². The number of aromatic nitrogens is 3. The van der Waals surface area contributed by atoms with Gasteiger partial charge in [-0.1, -0.05) is 52.4 Å². The Labute approximate surface area is 131 Å². The Balaban J connectivity index is 1.92. The molecule has 0 fully saturated rings. The van der Waals surface area contributed by atoms with Crippen molar-refractivity contribution in [2.45, 2.75) is 66.7 Å². The molecule has 116 valence electrons. The number of hydrogen-bond acceptors (Lipinski definition) is 3. The minimum atomic E-state index is 0.415. The van der Waals surface area contributed by atoms with Gasteiger partial charge in [0.1, 0.15) is 5.01 Å². The van der Waals surface area contributed by atoms with E-state index >= 15 is 0 Å². The van der Waals surface area contributed by atoms with Gasteiger partial charge in [0.05, 0.1) is 11.4 Å². The maximum Gasteiger partial charge on any atom is 0.212 e. The molecular weight excluding hydrogens is 278 g/mol. The molecule has 1 atom stereocenters. The number of fused-ring (bicyclic) bond motifs is 3. The normalized spacial score (nSPS) is 19.4. The fourth-order valence-electron chi connectivity index (χ4n) is 3.31. The molecule has 21 heavy (non-hydrogen) atoms. The maximum atomic E-state index is 4.84. The largest absolute Gasteiger partial charge is 0.222 e. The molecule has 3 nitrogen and oxygen atoms in total. The minimum Gasteiger partial charge on any atom is -0.222 e. The van der Waals surface area contributed by atoms with E-state index < -0.39 is 0 Å². The van der Waals surface area contributed by atoms with Crippen LogP contribution in [0.2, 0.25) is 0 Å². The van der Waals surface area contributed by atoms with E-state index in [1.807, 2.05) is 0 Å². The van der Waals surface area contributed by atoms with Gasteiger partial charge in [-0.2, -0.15) is 5.10 Å². The first kappa shape index (κ1) is 15.0. The fourth-order valence-corrected chi connectivity index (χ4v) is 4.45. The summed E-state index contributed by atoms with van der Waals surface area (Å²) in [5.74, 6) is 1.41. The summed E-state index contributed by atoms with van der Waals surface area (Å²) >= 11 is 1.77. The summed E-state index contributed by atoms with van der Waals surface area (Å²) in [5.41, 5.74) is 3.10. The van der Waals surface area contributed by atoms with Gasteiger partial charge in [0, 0.05) is 6.42 Å². The zero-order valence-electron chi connectivity index (χ0n) is 13.9. The predicted octanol–water partition coefficient (Wildman–Crippen LogP) is 4.53. The SMILES string of the molecule is CCC(C)(C)C1CCc2nc3sc(CC(C)C)nn3c2C1. The first-order valence-corrected chi connectivity index (χ1v) is 9.08. The molecule has 0 bridgehead atoms. The van der Waals surface area contributed by atoms with Crippen LogP contribution in [0.25, 0.3) is 4.96 Å². The van der Waals surface area contributed by atoms with Gasteiger partial charge in [0.2, 0.25) is 4.96 Å². The molecule has 2 aromatic rings. The van der Waals surface area contributed by atoms with Crippen LogP contribution in [0.15, 0.2) is 0 Å². The standard InChI is InChI=1S/C17H27N3S/c1-6-17(4,5)12-7-8-13-14(10-12)20-16(18-13)21-15(19-20)9-11(2)3/h11-12H,6-10H2,1-5H3. The van der Waals surface area contributed by atoms with Crippen molar-refractivity contribution in [2.75, 3.05) is 0 Å². The molecule has 0 amide bonds. The average molecular weight is 305 g/mol. The smallest absolute Gasteiger partial charge is 0.212 e.